The van der Waals surface area contributed by atoms with E-state index in [4.69, 9.17) is 0 Å². The molecule has 2 aromatic carbocycles. The Balaban J connectivity index is 1.69. The normalized spacial score (nSPS) is 20.2. The summed E-state index contributed by atoms with van der Waals surface area (Å²) in [5, 5.41) is 2.34. The highest BCUT2D eigenvalue weighted by Crippen LogP contribution is 2.48. The summed E-state index contributed by atoms with van der Waals surface area (Å²) < 4.78 is 12.6. The van der Waals surface area contributed by atoms with Crippen molar-refractivity contribution in [2.75, 3.05) is 20.0 Å². The minimum Gasteiger partial charge on any atom is -0.320 e. The largest absolute Gasteiger partial charge is 0.320 e. The number of rotatable bonds is 8. The molecule has 0 saturated heterocycles. The molecule has 3 rings (SSSR count). The monoisotopic (exact) mass is 510 g/mol. The average molecular weight is 511 g/mol. The van der Waals surface area contributed by atoms with E-state index in [9.17, 15) is 4.57 Å². The zero-order chi connectivity index (χ0) is 25.8. The molecule has 1 aliphatic rings. The van der Waals surface area contributed by atoms with E-state index < -0.39 is 7.14 Å². The highest BCUT2D eigenvalue weighted by atomic mass is 31.2. The lowest BCUT2D eigenvalue weighted by Gasteiger charge is -2.11. The fraction of sp³-hybridized carbons (Fsp3) is 0.152. The first-order valence-electron chi connectivity index (χ1n) is 12.2. The van der Waals surface area contributed by atoms with Gasteiger partial charge in [-0.25, -0.2) is 0 Å². The summed E-state index contributed by atoms with van der Waals surface area (Å²) in [5.41, 5.74) is 5.67. The Hall–Kier alpha value is -2.98. The van der Waals surface area contributed by atoms with Crippen molar-refractivity contribution in [3.63, 3.8) is 0 Å². The maximum Gasteiger partial charge on any atom is 0.106 e. The SMILES string of the molecule is C=C(/C=C\c1ccc(/C=C/C=C(/PC)c2ccccc2)cc1)/C1=C/C=C(/P(C)(C)=O)C/C=C\C=C/C1. The van der Waals surface area contributed by atoms with Gasteiger partial charge in [0, 0.05) is 0 Å². The molecule has 1 aliphatic carbocycles. The van der Waals surface area contributed by atoms with Gasteiger partial charge in [0.25, 0.3) is 0 Å². The summed E-state index contributed by atoms with van der Waals surface area (Å²) in [6, 6.07) is 19.1. The molecule has 0 saturated carbocycles. The van der Waals surface area contributed by atoms with Crippen LogP contribution in [-0.4, -0.2) is 20.0 Å². The predicted molar refractivity (Wildman–Crippen MR) is 165 cm³/mol. The van der Waals surface area contributed by atoms with Crippen LogP contribution in [0, 0.1) is 0 Å². The van der Waals surface area contributed by atoms with Gasteiger partial charge in [0.15, 0.2) is 0 Å². The Labute approximate surface area is 219 Å². The number of hydrogen-bond acceptors (Lipinski definition) is 1. The molecular weight excluding hydrogens is 474 g/mol. The number of benzene rings is 2. The van der Waals surface area contributed by atoms with Crippen molar-refractivity contribution >= 4 is 33.2 Å². The van der Waals surface area contributed by atoms with E-state index in [1.54, 1.807) is 0 Å². The maximum absolute atomic E-state index is 12.6. The van der Waals surface area contributed by atoms with Gasteiger partial charge in [0.1, 0.15) is 7.14 Å². The summed E-state index contributed by atoms with van der Waals surface area (Å²) in [7, 11) is -1.55. The lowest BCUT2D eigenvalue weighted by atomic mass is 10.0. The summed E-state index contributed by atoms with van der Waals surface area (Å²) in [4.78, 5) is 0. The summed E-state index contributed by atoms with van der Waals surface area (Å²) >= 11 is 0. The second kappa shape index (κ2) is 13.9. The first-order valence-corrected chi connectivity index (χ1v) is 16.3. The van der Waals surface area contributed by atoms with E-state index in [1.165, 1.54) is 16.4 Å². The molecule has 1 atom stereocenters. The van der Waals surface area contributed by atoms with Gasteiger partial charge in [-0.05, 0) is 71.3 Å². The molecule has 0 heterocycles. The van der Waals surface area contributed by atoms with Gasteiger partial charge in [-0.3, -0.25) is 0 Å². The van der Waals surface area contributed by atoms with Crippen molar-refractivity contribution in [1.29, 1.82) is 0 Å². The van der Waals surface area contributed by atoms with Gasteiger partial charge in [-0.15, -0.1) is 0 Å². The van der Waals surface area contributed by atoms with Crippen molar-refractivity contribution in [3.8, 4) is 0 Å². The molecule has 0 amide bonds. The molecule has 0 aliphatic heterocycles. The predicted octanol–water partition coefficient (Wildman–Crippen LogP) is 9.96. The van der Waals surface area contributed by atoms with Crippen molar-refractivity contribution in [2.24, 2.45) is 0 Å². The lowest BCUT2D eigenvalue weighted by Crippen LogP contribution is -1.88. The van der Waals surface area contributed by atoms with E-state index in [1.807, 2.05) is 25.5 Å². The highest BCUT2D eigenvalue weighted by molar-refractivity contribution is 7.66. The fourth-order valence-corrected chi connectivity index (χ4v) is 5.43. The first-order chi connectivity index (χ1) is 17.4. The van der Waals surface area contributed by atoms with E-state index in [0.29, 0.717) is 6.42 Å². The molecule has 36 heavy (non-hydrogen) atoms. The molecular formula is C33H36OP2. The summed E-state index contributed by atoms with van der Waals surface area (Å²) in [6.45, 7) is 10.2. The van der Waals surface area contributed by atoms with Crippen LogP contribution in [0.5, 0.6) is 0 Å². The molecule has 0 radical (unpaired) electrons. The Morgan fingerprint density at radius 2 is 1.53 bits per heavy atom. The van der Waals surface area contributed by atoms with Crippen LogP contribution in [0.4, 0.5) is 0 Å². The van der Waals surface area contributed by atoms with Gasteiger partial charge < -0.3 is 4.57 Å². The van der Waals surface area contributed by atoms with Crippen LogP contribution in [-0.2, 0) is 4.57 Å². The van der Waals surface area contributed by atoms with Crippen LogP contribution in [0.3, 0.4) is 0 Å². The van der Waals surface area contributed by atoms with Crippen molar-refractivity contribution in [1.82, 2.24) is 0 Å². The molecule has 0 fully saturated rings. The molecule has 2 aromatic rings. The van der Waals surface area contributed by atoms with Crippen LogP contribution >= 0.6 is 15.7 Å². The molecule has 1 unspecified atom stereocenters. The second-order valence-corrected chi connectivity index (χ2v) is 13.4. The van der Waals surface area contributed by atoms with Crippen LogP contribution in [0.1, 0.15) is 29.5 Å². The molecule has 0 bridgehead atoms. The molecule has 1 nitrogen and oxygen atoms in total. The third-order valence-corrected chi connectivity index (χ3v) is 8.66. The second-order valence-electron chi connectivity index (χ2n) is 9.05. The fourth-order valence-electron chi connectivity index (χ4n) is 3.73. The van der Waals surface area contributed by atoms with E-state index in [0.717, 1.165) is 37.0 Å². The highest BCUT2D eigenvalue weighted by Gasteiger charge is 2.13. The first kappa shape index (κ1) is 27.6. The van der Waals surface area contributed by atoms with Crippen molar-refractivity contribution < 1.29 is 4.57 Å². The van der Waals surface area contributed by atoms with E-state index in [-0.39, 0.29) is 0 Å². The van der Waals surface area contributed by atoms with Crippen LogP contribution in [0.2, 0.25) is 0 Å². The maximum atomic E-state index is 12.6. The number of hydrogen-bond donors (Lipinski definition) is 0. The Kier molecular flexibility index (Phi) is 10.7. The van der Waals surface area contributed by atoms with Crippen LogP contribution in [0.15, 0.2) is 132 Å². The standard InChI is InChI=1S/C33H36OP2/c1-27(30-14-8-5-6-11-17-32(26-25-30)36(3,4)34)19-20-29-23-21-28(22-24-29)13-12-18-33(35-2)31-15-9-7-10-16-31/h5-13,15-16,18-26,35H,1,14,17H2,2-4H3/b8-5-,11-6-,13-12+,20-19-,30-25+,32-26+,33-18+. The molecule has 0 spiro atoms. The molecule has 184 valence electrons. The smallest absolute Gasteiger partial charge is 0.106 e. The minimum absolute atomic E-state index is 0.712. The Bertz CT molecular complexity index is 1290. The Morgan fingerprint density at radius 1 is 0.889 bits per heavy atom. The third kappa shape index (κ3) is 8.91. The van der Waals surface area contributed by atoms with Gasteiger partial charge in [-0.1, -0.05) is 137 Å². The summed E-state index contributed by atoms with van der Waals surface area (Å²) in [5.74, 6) is 0. The van der Waals surface area contributed by atoms with E-state index in [2.05, 4.69) is 123 Å². The zero-order valence-corrected chi connectivity index (χ0v) is 23.4. The Morgan fingerprint density at radius 3 is 2.17 bits per heavy atom. The average Bonchev–Trinajstić information content (AvgIpc) is 2.88. The van der Waals surface area contributed by atoms with Crippen molar-refractivity contribution in [2.45, 2.75) is 12.8 Å². The van der Waals surface area contributed by atoms with Crippen LogP contribution < -0.4 is 0 Å². The van der Waals surface area contributed by atoms with Crippen LogP contribution in [0.25, 0.3) is 17.5 Å². The minimum atomic E-state index is -2.29. The van der Waals surface area contributed by atoms with Gasteiger partial charge in [0.2, 0.25) is 0 Å². The van der Waals surface area contributed by atoms with Gasteiger partial charge in [-0.2, -0.15) is 0 Å². The zero-order valence-electron chi connectivity index (χ0n) is 21.5. The quantitative estimate of drug-likeness (QED) is 0.255. The molecule has 0 N–H and O–H groups in total. The molecule has 3 heteroatoms. The number of allylic oxidation sites excluding steroid dienone is 12. The summed E-state index contributed by atoms with van der Waals surface area (Å²) in [6.07, 6.45) is 24.5. The third-order valence-electron chi connectivity index (χ3n) is 5.95. The van der Waals surface area contributed by atoms with Crippen molar-refractivity contribution in [3.05, 3.63) is 149 Å². The van der Waals surface area contributed by atoms with Gasteiger partial charge >= 0.3 is 0 Å². The lowest BCUT2D eigenvalue weighted by molar-refractivity contribution is 0.585. The topological polar surface area (TPSA) is 17.1 Å². The van der Waals surface area contributed by atoms with E-state index >= 15 is 0 Å². The van der Waals surface area contributed by atoms with Gasteiger partial charge in [0.05, 0.1) is 0 Å². The molecule has 0 aromatic heterocycles.